The molecule has 2 heteroatoms. The average molecular weight is 290 g/mol. The van der Waals surface area contributed by atoms with Gasteiger partial charge in [0.05, 0.1) is 5.69 Å². The molecule has 0 bridgehead atoms. The largest absolute Gasteiger partial charge is 0.311 e. The van der Waals surface area contributed by atoms with Gasteiger partial charge in [-0.3, -0.25) is 0 Å². The molecule has 1 rings (SSSR count). The summed E-state index contributed by atoms with van der Waals surface area (Å²) in [4.78, 5) is 0. The first-order valence-electron chi connectivity index (χ1n) is 8.45. The van der Waals surface area contributed by atoms with Gasteiger partial charge in [0.15, 0.2) is 0 Å². The maximum Gasteiger partial charge on any atom is 0.0516 e. The molecular weight excluding hydrogens is 256 g/mol. The Balaban J connectivity index is 2.86. The van der Waals surface area contributed by atoms with Gasteiger partial charge in [0.2, 0.25) is 0 Å². The summed E-state index contributed by atoms with van der Waals surface area (Å²) in [5.74, 6) is 0.629. The fraction of sp³-hybridized carbons (Fsp3) is 0.684. The van der Waals surface area contributed by atoms with Crippen LogP contribution in [0.5, 0.6) is 0 Å². The summed E-state index contributed by atoms with van der Waals surface area (Å²) in [5, 5.41) is 2.13. The van der Waals surface area contributed by atoms with Gasteiger partial charge in [-0.1, -0.05) is 53.2 Å². The van der Waals surface area contributed by atoms with E-state index >= 15 is 0 Å². The molecule has 0 aliphatic heterocycles. The predicted octanol–water partition coefficient (Wildman–Crippen LogP) is 5.36. The molecule has 0 aliphatic rings. The lowest BCUT2D eigenvalue weighted by Crippen LogP contribution is -2.40. The van der Waals surface area contributed by atoms with Crippen LogP contribution in [0.4, 0.5) is 5.69 Å². The van der Waals surface area contributed by atoms with E-state index in [1.54, 1.807) is 0 Å². The van der Waals surface area contributed by atoms with Crippen molar-refractivity contribution < 1.29 is 0 Å². The lowest BCUT2D eigenvalue weighted by atomic mass is 9.72. The Morgan fingerprint density at radius 3 is 2.05 bits per heavy atom. The van der Waals surface area contributed by atoms with Gasteiger partial charge in [0, 0.05) is 13.1 Å². The first-order chi connectivity index (χ1) is 9.85. The standard InChI is InChI=1S/C19H34N2/c1-8-15(4)20-21(7)17-13-11-16(12-14-17)18(9-2)19(5,6)10-3/h11-15,18,20H,8-10H2,1-7H3. The fourth-order valence-electron chi connectivity index (χ4n) is 2.91. The summed E-state index contributed by atoms with van der Waals surface area (Å²) in [7, 11) is 2.09. The molecule has 0 heterocycles. The molecule has 0 spiro atoms. The number of hydrogen-bond donors (Lipinski definition) is 1. The topological polar surface area (TPSA) is 15.3 Å². The molecule has 0 radical (unpaired) electrons. The van der Waals surface area contributed by atoms with E-state index in [4.69, 9.17) is 0 Å². The summed E-state index contributed by atoms with van der Waals surface area (Å²) in [5.41, 5.74) is 6.53. The lowest BCUT2D eigenvalue weighted by molar-refractivity contribution is 0.267. The van der Waals surface area contributed by atoms with Crippen molar-refractivity contribution in [2.45, 2.75) is 72.8 Å². The van der Waals surface area contributed by atoms with Crippen molar-refractivity contribution in [1.82, 2.24) is 5.43 Å². The van der Waals surface area contributed by atoms with Crippen molar-refractivity contribution in [2.24, 2.45) is 5.41 Å². The maximum absolute atomic E-state index is 3.48. The van der Waals surface area contributed by atoms with Crippen LogP contribution in [-0.4, -0.2) is 13.1 Å². The number of anilines is 1. The highest BCUT2D eigenvalue weighted by Crippen LogP contribution is 2.40. The van der Waals surface area contributed by atoms with Crippen molar-refractivity contribution in [3.8, 4) is 0 Å². The van der Waals surface area contributed by atoms with Crippen LogP contribution in [0.15, 0.2) is 24.3 Å². The smallest absolute Gasteiger partial charge is 0.0516 e. The molecule has 0 amide bonds. The zero-order valence-electron chi connectivity index (χ0n) is 15.0. The highest BCUT2D eigenvalue weighted by atomic mass is 15.5. The Bertz CT molecular complexity index is 408. The fourth-order valence-corrected chi connectivity index (χ4v) is 2.91. The molecule has 0 saturated carbocycles. The molecule has 1 N–H and O–H groups in total. The number of hydrogen-bond acceptors (Lipinski definition) is 2. The van der Waals surface area contributed by atoms with Gasteiger partial charge in [-0.2, -0.15) is 0 Å². The van der Waals surface area contributed by atoms with Gasteiger partial charge < -0.3 is 5.01 Å². The van der Waals surface area contributed by atoms with E-state index in [2.05, 4.69) is 83.3 Å². The Labute approximate surface area is 131 Å². The molecule has 0 aliphatic carbocycles. The van der Waals surface area contributed by atoms with E-state index in [1.165, 1.54) is 24.1 Å². The van der Waals surface area contributed by atoms with Crippen molar-refractivity contribution >= 4 is 5.69 Å². The second kappa shape index (κ2) is 7.84. The third-order valence-electron chi connectivity index (χ3n) is 4.97. The number of rotatable bonds is 8. The Morgan fingerprint density at radius 2 is 1.62 bits per heavy atom. The number of hydrazine groups is 1. The minimum absolute atomic E-state index is 0.358. The highest BCUT2D eigenvalue weighted by Gasteiger charge is 2.27. The number of nitrogens with one attached hydrogen (secondary N) is 1. The molecule has 1 aromatic rings. The lowest BCUT2D eigenvalue weighted by Gasteiger charge is -2.33. The minimum atomic E-state index is 0.358. The molecule has 1 aromatic carbocycles. The summed E-state index contributed by atoms with van der Waals surface area (Å²) in [6.07, 6.45) is 3.54. The van der Waals surface area contributed by atoms with Crippen LogP contribution in [0, 0.1) is 5.41 Å². The molecule has 0 saturated heterocycles. The first-order valence-corrected chi connectivity index (χ1v) is 8.45. The molecule has 2 unspecified atom stereocenters. The Kier molecular flexibility index (Phi) is 6.73. The van der Waals surface area contributed by atoms with Crippen molar-refractivity contribution in [3.63, 3.8) is 0 Å². The van der Waals surface area contributed by atoms with E-state index in [-0.39, 0.29) is 0 Å². The second-order valence-electron chi connectivity index (χ2n) is 6.89. The van der Waals surface area contributed by atoms with Crippen molar-refractivity contribution in [3.05, 3.63) is 29.8 Å². The maximum atomic E-state index is 3.48. The van der Waals surface area contributed by atoms with Gasteiger partial charge >= 0.3 is 0 Å². The summed E-state index contributed by atoms with van der Waals surface area (Å²) >= 11 is 0. The quantitative estimate of drug-likeness (QED) is 0.649. The van der Waals surface area contributed by atoms with Gasteiger partial charge in [0.25, 0.3) is 0 Å². The third-order valence-corrected chi connectivity index (χ3v) is 4.97. The SMILES string of the molecule is CCC(C)NN(C)c1ccc(C(CC)C(C)(C)CC)cc1. The van der Waals surface area contributed by atoms with Crippen LogP contribution in [0.25, 0.3) is 0 Å². The monoisotopic (exact) mass is 290 g/mol. The van der Waals surface area contributed by atoms with Crippen LogP contribution in [0.2, 0.25) is 0 Å². The van der Waals surface area contributed by atoms with Crippen molar-refractivity contribution in [1.29, 1.82) is 0 Å². The molecule has 0 aromatic heterocycles. The first kappa shape index (κ1) is 18.0. The van der Waals surface area contributed by atoms with Crippen LogP contribution in [0.1, 0.15) is 72.3 Å². The van der Waals surface area contributed by atoms with Gasteiger partial charge in [0.1, 0.15) is 0 Å². The van der Waals surface area contributed by atoms with Gasteiger partial charge in [-0.05, 0) is 48.8 Å². The second-order valence-corrected chi connectivity index (χ2v) is 6.89. The minimum Gasteiger partial charge on any atom is -0.311 e. The number of benzene rings is 1. The Hall–Kier alpha value is -1.02. The number of nitrogens with zero attached hydrogens (tertiary/aromatic N) is 1. The van der Waals surface area contributed by atoms with Gasteiger partial charge in [-0.15, -0.1) is 0 Å². The van der Waals surface area contributed by atoms with E-state index in [0.717, 1.165) is 6.42 Å². The molecule has 21 heavy (non-hydrogen) atoms. The van der Waals surface area contributed by atoms with E-state index in [0.29, 0.717) is 17.4 Å². The van der Waals surface area contributed by atoms with Crippen molar-refractivity contribution in [2.75, 3.05) is 12.1 Å². The molecule has 2 nitrogen and oxygen atoms in total. The molecule has 0 fully saturated rings. The molecular formula is C19H34N2. The molecule has 2 atom stereocenters. The average Bonchev–Trinajstić information content (AvgIpc) is 2.48. The highest BCUT2D eigenvalue weighted by molar-refractivity contribution is 5.46. The summed E-state index contributed by atoms with van der Waals surface area (Å²) in [6, 6.07) is 9.57. The van der Waals surface area contributed by atoms with Crippen LogP contribution in [0.3, 0.4) is 0 Å². The van der Waals surface area contributed by atoms with Crippen LogP contribution >= 0.6 is 0 Å². The predicted molar refractivity (Wildman–Crippen MR) is 94.8 cm³/mol. The Morgan fingerprint density at radius 1 is 1.05 bits per heavy atom. The summed E-state index contributed by atoms with van der Waals surface area (Å²) < 4.78 is 0. The zero-order chi connectivity index (χ0) is 16.0. The normalized spacial score (nSPS) is 14.8. The third kappa shape index (κ3) is 4.74. The van der Waals surface area contributed by atoms with E-state index in [1.807, 2.05) is 0 Å². The van der Waals surface area contributed by atoms with Crippen LogP contribution < -0.4 is 10.4 Å². The summed E-state index contributed by atoms with van der Waals surface area (Å²) in [6.45, 7) is 13.8. The zero-order valence-corrected chi connectivity index (χ0v) is 15.0. The van der Waals surface area contributed by atoms with Crippen LogP contribution in [-0.2, 0) is 0 Å². The van der Waals surface area contributed by atoms with E-state index in [9.17, 15) is 0 Å². The molecule has 120 valence electrons. The van der Waals surface area contributed by atoms with E-state index < -0.39 is 0 Å². The van der Waals surface area contributed by atoms with Gasteiger partial charge in [-0.25, -0.2) is 5.43 Å².